The first-order valence-corrected chi connectivity index (χ1v) is 6.75. The minimum Gasteiger partial charge on any atom is -0.235 e. The molecule has 3 nitrogen and oxygen atoms in total. The van der Waals surface area contributed by atoms with Crippen molar-refractivity contribution in [2.45, 2.75) is 20.0 Å². The Morgan fingerprint density at radius 3 is 2.32 bits per heavy atom. The molecule has 2 rings (SSSR count). The number of rotatable bonds is 1. The van der Waals surface area contributed by atoms with Gasteiger partial charge < -0.3 is 0 Å². The van der Waals surface area contributed by atoms with E-state index >= 15 is 0 Å². The minimum atomic E-state index is -4.50. The van der Waals surface area contributed by atoms with Crippen LogP contribution in [0.1, 0.15) is 17.0 Å². The third kappa shape index (κ3) is 2.69. The molecule has 0 unspecified atom stereocenters. The van der Waals surface area contributed by atoms with Crippen molar-refractivity contribution in [2.75, 3.05) is 0 Å². The lowest BCUT2D eigenvalue weighted by Gasteiger charge is -2.13. The summed E-state index contributed by atoms with van der Waals surface area (Å²) >= 11 is 6.28. The van der Waals surface area contributed by atoms with Crippen molar-refractivity contribution < 1.29 is 13.2 Å². The number of aryl methyl sites for hydroxylation is 1. The third-order valence-electron chi connectivity index (χ3n) is 2.54. The number of halogens is 5. The van der Waals surface area contributed by atoms with E-state index in [-0.39, 0.29) is 10.3 Å². The maximum absolute atomic E-state index is 13.0. The molecule has 2 aromatic rings. The monoisotopic (exact) mass is 397 g/mol. The number of pyridine rings is 1. The number of hydrogen-bond donors (Lipinski definition) is 0. The molecule has 0 radical (unpaired) electrons. The van der Waals surface area contributed by atoms with Gasteiger partial charge in [0.1, 0.15) is 5.56 Å². The van der Waals surface area contributed by atoms with Gasteiger partial charge in [0.2, 0.25) is 0 Å². The standard InChI is InChI=1S/C11H8Br2F3N3/c1-5-9(13)6(2)19(18-5)10-8(11(14,15)16)3-7(12)4-17-10/h3-4H,1-2H3. The largest absolute Gasteiger partial charge is 0.420 e. The van der Waals surface area contributed by atoms with E-state index in [9.17, 15) is 13.2 Å². The molecule has 0 atom stereocenters. The maximum atomic E-state index is 13.0. The van der Waals surface area contributed by atoms with Crippen LogP contribution >= 0.6 is 31.9 Å². The fourth-order valence-corrected chi connectivity index (χ4v) is 2.22. The van der Waals surface area contributed by atoms with Crippen molar-refractivity contribution in [3.05, 3.63) is 38.2 Å². The van der Waals surface area contributed by atoms with E-state index in [2.05, 4.69) is 41.9 Å². The average Bonchev–Trinajstić information content (AvgIpc) is 2.56. The van der Waals surface area contributed by atoms with E-state index in [1.165, 1.54) is 10.9 Å². The van der Waals surface area contributed by atoms with Crippen LogP contribution in [-0.2, 0) is 6.18 Å². The molecule has 2 aromatic heterocycles. The highest BCUT2D eigenvalue weighted by atomic mass is 79.9. The van der Waals surface area contributed by atoms with Gasteiger partial charge in [-0.25, -0.2) is 9.67 Å². The molecule has 102 valence electrons. The normalized spacial score (nSPS) is 11.9. The van der Waals surface area contributed by atoms with E-state index in [1.807, 2.05) is 0 Å². The van der Waals surface area contributed by atoms with Crippen molar-refractivity contribution in [1.29, 1.82) is 0 Å². The molecular formula is C11H8Br2F3N3. The van der Waals surface area contributed by atoms with Crippen LogP contribution in [0.15, 0.2) is 21.2 Å². The molecule has 0 aliphatic rings. The van der Waals surface area contributed by atoms with Crippen molar-refractivity contribution in [3.8, 4) is 5.82 Å². The molecule has 0 fully saturated rings. The van der Waals surface area contributed by atoms with Crippen LogP contribution in [0.25, 0.3) is 5.82 Å². The Morgan fingerprint density at radius 1 is 1.21 bits per heavy atom. The molecule has 0 aromatic carbocycles. The van der Waals surface area contributed by atoms with Crippen LogP contribution in [-0.4, -0.2) is 14.8 Å². The second-order valence-corrected chi connectivity index (χ2v) is 5.63. The number of nitrogens with zero attached hydrogens (tertiary/aromatic N) is 3. The van der Waals surface area contributed by atoms with Gasteiger partial charge in [-0.15, -0.1) is 0 Å². The van der Waals surface area contributed by atoms with E-state index in [0.717, 1.165) is 6.07 Å². The summed E-state index contributed by atoms with van der Waals surface area (Å²) in [5.74, 6) is -0.234. The molecule has 19 heavy (non-hydrogen) atoms. The molecule has 0 bridgehead atoms. The third-order valence-corrected chi connectivity index (χ3v) is 4.12. The van der Waals surface area contributed by atoms with Gasteiger partial charge in [-0.05, 0) is 51.8 Å². The Balaban J connectivity index is 2.72. The van der Waals surface area contributed by atoms with Gasteiger partial charge in [-0.2, -0.15) is 18.3 Å². The summed E-state index contributed by atoms with van der Waals surface area (Å²) in [6, 6.07) is 0.993. The Kier molecular flexibility index (Phi) is 3.74. The fraction of sp³-hybridized carbons (Fsp3) is 0.273. The smallest absolute Gasteiger partial charge is 0.235 e. The number of alkyl halides is 3. The lowest BCUT2D eigenvalue weighted by molar-refractivity contribution is -0.137. The summed E-state index contributed by atoms with van der Waals surface area (Å²) in [7, 11) is 0. The van der Waals surface area contributed by atoms with Crippen molar-refractivity contribution in [1.82, 2.24) is 14.8 Å². The lowest BCUT2D eigenvalue weighted by Crippen LogP contribution is -2.14. The fourth-order valence-electron chi connectivity index (χ4n) is 1.64. The second-order valence-electron chi connectivity index (χ2n) is 3.92. The van der Waals surface area contributed by atoms with Gasteiger partial charge in [-0.1, -0.05) is 0 Å². The average molecular weight is 399 g/mol. The van der Waals surface area contributed by atoms with Crippen LogP contribution < -0.4 is 0 Å². The molecular weight excluding hydrogens is 391 g/mol. The van der Waals surface area contributed by atoms with Crippen LogP contribution in [0.5, 0.6) is 0 Å². The molecule has 8 heteroatoms. The van der Waals surface area contributed by atoms with Gasteiger partial charge in [-0.3, -0.25) is 0 Å². The molecule has 0 spiro atoms. The molecule has 0 amide bonds. The topological polar surface area (TPSA) is 30.7 Å². The van der Waals surface area contributed by atoms with Crippen LogP contribution in [0.4, 0.5) is 13.2 Å². The van der Waals surface area contributed by atoms with Gasteiger partial charge >= 0.3 is 6.18 Å². The minimum absolute atomic E-state index is 0.234. The highest BCUT2D eigenvalue weighted by Gasteiger charge is 2.36. The van der Waals surface area contributed by atoms with Crippen molar-refractivity contribution in [2.24, 2.45) is 0 Å². The molecule has 0 saturated carbocycles. The van der Waals surface area contributed by atoms with Crippen LogP contribution in [0.2, 0.25) is 0 Å². The lowest BCUT2D eigenvalue weighted by atomic mass is 10.2. The van der Waals surface area contributed by atoms with Crippen molar-refractivity contribution in [3.63, 3.8) is 0 Å². The van der Waals surface area contributed by atoms with E-state index in [1.54, 1.807) is 13.8 Å². The SMILES string of the molecule is Cc1nn(-c2ncc(Br)cc2C(F)(F)F)c(C)c1Br. The zero-order valence-electron chi connectivity index (χ0n) is 9.89. The van der Waals surface area contributed by atoms with Gasteiger partial charge in [0.05, 0.1) is 15.9 Å². The highest BCUT2D eigenvalue weighted by molar-refractivity contribution is 9.10. The number of aromatic nitrogens is 3. The first-order valence-electron chi connectivity index (χ1n) is 5.16. The summed E-state index contributed by atoms with van der Waals surface area (Å²) in [5.41, 5.74) is 0.341. The first kappa shape index (κ1) is 14.5. The zero-order chi connectivity index (χ0) is 14.4. The zero-order valence-corrected chi connectivity index (χ0v) is 13.1. The predicted molar refractivity (Wildman–Crippen MR) is 71.2 cm³/mol. The number of hydrogen-bond acceptors (Lipinski definition) is 2. The van der Waals surface area contributed by atoms with E-state index in [4.69, 9.17) is 0 Å². The van der Waals surface area contributed by atoms with E-state index in [0.29, 0.717) is 15.9 Å². The molecule has 0 aliphatic carbocycles. The molecule has 0 N–H and O–H groups in total. The maximum Gasteiger partial charge on any atom is 0.420 e. The van der Waals surface area contributed by atoms with Gasteiger partial charge in [0.15, 0.2) is 5.82 Å². The highest BCUT2D eigenvalue weighted by Crippen LogP contribution is 2.35. The van der Waals surface area contributed by atoms with Gasteiger partial charge in [0, 0.05) is 10.7 Å². The van der Waals surface area contributed by atoms with Gasteiger partial charge in [0.25, 0.3) is 0 Å². The van der Waals surface area contributed by atoms with Crippen LogP contribution in [0.3, 0.4) is 0 Å². The molecule has 0 saturated heterocycles. The Labute approximate surface area is 124 Å². The summed E-state index contributed by atoms with van der Waals surface area (Å²) in [4.78, 5) is 3.84. The predicted octanol–water partition coefficient (Wildman–Crippen LogP) is 4.43. The summed E-state index contributed by atoms with van der Waals surface area (Å²) in [6.07, 6.45) is -3.18. The van der Waals surface area contributed by atoms with Crippen LogP contribution in [0, 0.1) is 13.8 Å². The Bertz CT molecular complexity index is 635. The summed E-state index contributed by atoms with van der Waals surface area (Å²) in [6.45, 7) is 3.38. The first-order chi connectivity index (χ1) is 8.71. The molecule has 2 heterocycles. The quantitative estimate of drug-likeness (QED) is 0.711. The summed E-state index contributed by atoms with van der Waals surface area (Å²) < 4.78 is 41.2. The Morgan fingerprint density at radius 2 is 1.84 bits per heavy atom. The van der Waals surface area contributed by atoms with E-state index < -0.39 is 11.7 Å². The Hall–Kier alpha value is -0.890. The summed E-state index contributed by atoms with van der Waals surface area (Å²) in [5, 5.41) is 4.08. The van der Waals surface area contributed by atoms with Crippen molar-refractivity contribution >= 4 is 31.9 Å². The molecule has 0 aliphatic heterocycles. The second kappa shape index (κ2) is 4.90.